The lowest BCUT2D eigenvalue weighted by Gasteiger charge is -2.49. The van der Waals surface area contributed by atoms with Crippen LogP contribution in [0.25, 0.3) is 0 Å². The van der Waals surface area contributed by atoms with Gasteiger partial charge in [0.15, 0.2) is 18.9 Å². The highest BCUT2D eigenvalue weighted by atomic mass is 16.8. The number of esters is 1. The molecule has 0 radical (unpaired) electrons. The van der Waals surface area contributed by atoms with Gasteiger partial charge < -0.3 is 99.3 Å². The summed E-state index contributed by atoms with van der Waals surface area (Å²) < 4.78 is 41.4. The van der Waals surface area contributed by atoms with E-state index >= 15 is 0 Å². The summed E-state index contributed by atoms with van der Waals surface area (Å²) in [6, 6.07) is 0. The number of carbonyl (C=O) groups excluding carboxylic acids is 3. The minimum absolute atomic E-state index is 0.157. The van der Waals surface area contributed by atoms with Gasteiger partial charge in [-0.2, -0.15) is 0 Å². The quantitative estimate of drug-likeness (QED) is 0.0307. The number of hydrogen-bond acceptors (Lipinski definition) is 22. The first kappa shape index (κ1) is 73.1. The van der Waals surface area contributed by atoms with Crippen molar-refractivity contribution >= 4 is 17.7 Å². The molecule has 0 spiro atoms. The molecule has 3 saturated heterocycles. The van der Waals surface area contributed by atoms with Crippen molar-refractivity contribution in [3.05, 3.63) is 0 Å². The van der Waals surface area contributed by atoms with Crippen LogP contribution in [0.15, 0.2) is 0 Å². The van der Waals surface area contributed by atoms with Crippen LogP contribution in [0.5, 0.6) is 0 Å². The maximum atomic E-state index is 12.7. The van der Waals surface area contributed by atoms with E-state index in [4.69, 9.17) is 33.2 Å². The van der Waals surface area contributed by atoms with Crippen molar-refractivity contribution in [3.63, 3.8) is 0 Å². The number of Topliss-reactive ketones (excluding diaryl/α,β-unsaturated/α-hetero) is 1. The van der Waals surface area contributed by atoms with Crippen LogP contribution in [0.2, 0.25) is 0 Å². The van der Waals surface area contributed by atoms with Crippen LogP contribution in [0.3, 0.4) is 0 Å². The van der Waals surface area contributed by atoms with Crippen molar-refractivity contribution in [3.8, 4) is 0 Å². The van der Waals surface area contributed by atoms with Gasteiger partial charge in [0.05, 0.1) is 25.4 Å². The number of ether oxygens (including phenoxy) is 7. The molecular weight excluding hydrogens is 1060 g/mol. The zero-order valence-corrected chi connectivity index (χ0v) is 49.6. The summed E-state index contributed by atoms with van der Waals surface area (Å²) in [6.07, 6.45) is -5.44. The van der Waals surface area contributed by atoms with E-state index in [0.717, 1.165) is 117 Å². The van der Waals surface area contributed by atoms with E-state index in [1.807, 2.05) is 6.92 Å². The predicted molar refractivity (Wildman–Crippen MR) is 299 cm³/mol. The molecule has 11 N–H and O–H groups in total. The highest BCUT2D eigenvalue weighted by Crippen LogP contribution is 2.35. The molecule has 23 heteroatoms. The Bertz CT molecular complexity index is 1660. The van der Waals surface area contributed by atoms with Crippen LogP contribution in [-0.4, -0.2) is 250 Å². The Morgan fingerprint density at radius 1 is 0.519 bits per heavy atom. The second-order valence-corrected chi connectivity index (χ2v) is 23.1. The second-order valence-electron chi connectivity index (χ2n) is 23.1. The number of amides is 1. The molecule has 0 aromatic carbocycles. The fourth-order valence-electron chi connectivity index (χ4n) is 10.6. The maximum Gasteiger partial charge on any atom is 0.302 e. The Hall–Kier alpha value is -2.11. The molecular formula is C58H109N3O20. The van der Waals surface area contributed by atoms with Gasteiger partial charge in [0.1, 0.15) is 85.6 Å². The zero-order chi connectivity index (χ0) is 59.7. The molecule has 3 aliphatic rings. The van der Waals surface area contributed by atoms with Gasteiger partial charge in [-0.1, -0.05) is 103 Å². The third kappa shape index (κ3) is 27.9. The molecule has 17 atom stereocenters. The lowest BCUT2D eigenvalue weighted by Crippen LogP contribution is -2.67. The first-order valence-corrected chi connectivity index (χ1v) is 30.7. The molecule has 0 aliphatic carbocycles. The molecule has 3 rings (SSSR count). The fraction of sp³-hybridized carbons (Fsp3) is 0.948. The van der Waals surface area contributed by atoms with E-state index in [9.17, 15) is 65.4 Å². The zero-order valence-electron chi connectivity index (χ0n) is 49.6. The standard InChI is InChI=1S/C58H109N3O20/c1-6-7-19-30-42(41(66)29-22-17-16-21-28-40(65)27-20-14-12-10-8-9-11-13-15-23-31-46(67)59-32-26-35-61(5)34-25-18-24-33-60(3)4)76-58-55(81-57-53(74)51(72)48(69)44(37-63)78-57)54(49(70)45(79-58)38-75-39(2)64)80-56-52(73)50(71)47(68)43(36-62)77-56/h41-45,47-58,62-63,66,68-74H,6-38H2,1-5H3,(H,59,67). The topological polar surface area (TPSA) is 337 Å². The van der Waals surface area contributed by atoms with Gasteiger partial charge in [-0.25, -0.2) is 0 Å². The Morgan fingerprint density at radius 2 is 0.988 bits per heavy atom. The molecule has 1 amide bonds. The Kier molecular flexibility index (Phi) is 37.8. The molecule has 3 aliphatic heterocycles. The number of hydrogen-bond donors (Lipinski definition) is 11. The third-order valence-corrected chi connectivity index (χ3v) is 15.7. The Morgan fingerprint density at radius 3 is 1.52 bits per heavy atom. The van der Waals surface area contributed by atoms with Gasteiger partial charge in [0.2, 0.25) is 5.91 Å². The van der Waals surface area contributed by atoms with Crippen LogP contribution in [0.4, 0.5) is 0 Å². The van der Waals surface area contributed by atoms with E-state index in [0.29, 0.717) is 38.5 Å². The SMILES string of the molecule is CCCCCC(OC1OC(COC(C)=O)C(O)C(OC2OC(CO)C(O)C(O)C2O)C1OC1OC(CO)C(O)C(O)C1O)C(O)CCCCCCC(=O)CCCCCCCCCCCCC(=O)NCCCN(C)CCCCCN(C)C. The van der Waals surface area contributed by atoms with E-state index in [2.05, 4.69) is 36.3 Å². The highest BCUT2D eigenvalue weighted by molar-refractivity contribution is 5.78. The van der Waals surface area contributed by atoms with Crippen LogP contribution in [0, 0.1) is 0 Å². The second kappa shape index (κ2) is 41.9. The normalized spacial score (nSPS) is 29.7. The van der Waals surface area contributed by atoms with E-state index < -0.39 is 130 Å². The summed E-state index contributed by atoms with van der Waals surface area (Å²) in [5.74, 6) is -0.328. The van der Waals surface area contributed by atoms with Crippen molar-refractivity contribution in [2.24, 2.45) is 0 Å². The molecule has 23 nitrogen and oxygen atoms in total. The third-order valence-electron chi connectivity index (χ3n) is 15.7. The van der Waals surface area contributed by atoms with Gasteiger partial charge in [-0.05, 0) is 92.1 Å². The first-order valence-electron chi connectivity index (χ1n) is 30.7. The first-order chi connectivity index (χ1) is 38.8. The Labute approximate surface area is 482 Å². The lowest BCUT2D eigenvalue weighted by atomic mass is 9.95. The molecule has 0 saturated carbocycles. The molecule has 81 heavy (non-hydrogen) atoms. The van der Waals surface area contributed by atoms with Gasteiger partial charge >= 0.3 is 5.97 Å². The lowest BCUT2D eigenvalue weighted by molar-refractivity contribution is -0.396. The van der Waals surface area contributed by atoms with Gasteiger partial charge in [-0.3, -0.25) is 14.4 Å². The largest absolute Gasteiger partial charge is 0.463 e. The summed E-state index contributed by atoms with van der Waals surface area (Å²) in [5.41, 5.74) is 0. The molecule has 3 fully saturated rings. The minimum atomic E-state index is -1.96. The van der Waals surface area contributed by atoms with Gasteiger partial charge in [-0.15, -0.1) is 0 Å². The Balaban J connectivity index is 1.44. The van der Waals surface area contributed by atoms with Gasteiger partial charge in [0, 0.05) is 32.7 Å². The number of aliphatic hydroxyl groups excluding tert-OH is 10. The number of nitrogens with one attached hydrogen (secondary N) is 1. The number of carbonyl (C=O) groups is 3. The minimum Gasteiger partial charge on any atom is -0.463 e. The highest BCUT2D eigenvalue weighted by Gasteiger charge is 2.55. The summed E-state index contributed by atoms with van der Waals surface area (Å²) in [6.45, 7) is 4.93. The van der Waals surface area contributed by atoms with Gasteiger partial charge in [0.25, 0.3) is 0 Å². The van der Waals surface area contributed by atoms with Crippen molar-refractivity contribution in [2.45, 2.75) is 285 Å². The van der Waals surface area contributed by atoms with Crippen LogP contribution < -0.4 is 5.32 Å². The van der Waals surface area contributed by atoms with Crippen molar-refractivity contribution in [1.29, 1.82) is 0 Å². The number of rotatable bonds is 45. The van der Waals surface area contributed by atoms with Crippen LogP contribution in [-0.2, 0) is 47.5 Å². The molecule has 17 unspecified atom stereocenters. The van der Waals surface area contributed by atoms with Crippen molar-refractivity contribution in [1.82, 2.24) is 15.1 Å². The van der Waals surface area contributed by atoms with E-state index in [-0.39, 0.29) is 18.1 Å². The number of nitrogens with zero attached hydrogens (tertiary/aromatic N) is 2. The average Bonchev–Trinajstić information content (AvgIpc) is 3.55. The van der Waals surface area contributed by atoms with E-state index in [1.54, 1.807) is 0 Å². The number of unbranched alkanes of at least 4 members (excludes halogenated alkanes) is 16. The fourth-order valence-corrected chi connectivity index (χ4v) is 10.6. The maximum absolute atomic E-state index is 12.7. The molecule has 0 aromatic rings. The number of aliphatic hydroxyl groups is 10. The summed E-state index contributed by atoms with van der Waals surface area (Å²) in [5, 5.41) is 111. The molecule has 0 aromatic heterocycles. The summed E-state index contributed by atoms with van der Waals surface area (Å²) >= 11 is 0. The van der Waals surface area contributed by atoms with Crippen LogP contribution in [0.1, 0.15) is 181 Å². The smallest absolute Gasteiger partial charge is 0.302 e. The molecule has 476 valence electrons. The number of ketones is 1. The summed E-state index contributed by atoms with van der Waals surface area (Å²) in [4.78, 5) is 41.6. The average molecular weight is 1170 g/mol. The van der Waals surface area contributed by atoms with Crippen molar-refractivity contribution in [2.75, 3.05) is 67.1 Å². The monoisotopic (exact) mass is 1170 g/mol. The van der Waals surface area contributed by atoms with Crippen LogP contribution >= 0.6 is 0 Å². The van der Waals surface area contributed by atoms with Crippen molar-refractivity contribution < 1.29 is 98.6 Å². The summed E-state index contributed by atoms with van der Waals surface area (Å²) in [7, 11) is 6.38. The molecule has 3 heterocycles. The predicted octanol–water partition coefficient (Wildman–Crippen LogP) is 2.09. The molecule has 0 bridgehead atoms. The van der Waals surface area contributed by atoms with E-state index in [1.165, 1.54) is 38.5 Å².